The summed E-state index contributed by atoms with van der Waals surface area (Å²) in [4.78, 5) is 11.5. The number of nitrogens with zero attached hydrogens (tertiary/aromatic N) is 1. The molecular formula is C10H8IrNO-. The van der Waals surface area contributed by atoms with E-state index in [1.54, 1.807) is 13.0 Å². The summed E-state index contributed by atoms with van der Waals surface area (Å²) in [6, 6.07) is 9.22. The van der Waals surface area contributed by atoms with Crippen LogP contribution in [-0.2, 0) is 20.1 Å². The molecule has 2 nitrogen and oxygen atoms in total. The van der Waals surface area contributed by atoms with Gasteiger partial charge >= 0.3 is 0 Å². The second-order valence-electron chi connectivity index (χ2n) is 2.74. The van der Waals surface area contributed by atoms with E-state index < -0.39 is 0 Å². The first-order chi connectivity index (χ1) is 5.79. The Kier molecular flexibility index (Phi) is 3.02. The molecular weight excluding hydrogens is 342 g/mol. The van der Waals surface area contributed by atoms with Gasteiger partial charge in [0.15, 0.2) is 5.56 Å². The molecule has 0 aliphatic rings. The maximum atomic E-state index is 11.5. The van der Waals surface area contributed by atoms with Crippen molar-refractivity contribution in [2.75, 3.05) is 0 Å². The maximum Gasteiger partial charge on any atom is 0.173 e. The number of hydrogen-bond acceptors (Lipinski definition) is 1. The van der Waals surface area contributed by atoms with E-state index in [4.69, 9.17) is 0 Å². The molecule has 0 amide bonds. The van der Waals surface area contributed by atoms with Crippen LogP contribution in [0.25, 0.3) is 5.52 Å². The third-order valence-electron chi connectivity index (χ3n) is 1.87. The molecule has 0 unspecified atom stereocenters. The van der Waals surface area contributed by atoms with E-state index in [1.165, 1.54) is 4.40 Å². The Bertz CT molecular complexity index is 476. The molecule has 2 rings (SSSR count). The van der Waals surface area contributed by atoms with Crippen molar-refractivity contribution < 1.29 is 20.1 Å². The summed E-state index contributed by atoms with van der Waals surface area (Å²) < 4.78 is 1.52. The van der Waals surface area contributed by atoms with Gasteiger partial charge in [0, 0.05) is 20.1 Å². The van der Waals surface area contributed by atoms with E-state index in [2.05, 4.69) is 6.20 Å². The van der Waals surface area contributed by atoms with Gasteiger partial charge in [0.05, 0.1) is 0 Å². The van der Waals surface area contributed by atoms with Gasteiger partial charge in [-0.05, 0) is 18.0 Å². The van der Waals surface area contributed by atoms with Gasteiger partial charge in [0.2, 0.25) is 0 Å². The van der Waals surface area contributed by atoms with Crippen molar-refractivity contribution >= 4 is 5.52 Å². The van der Waals surface area contributed by atoms with Crippen LogP contribution in [0.3, 0.4) is 0 Å². The van der Waals surface area contributed by atoms with E-state index in [0.29, 0.717) is 0 Å². The first-order valence-electron chi connectivity index (χ1n) is 3.78. The van der Waals surface area contributed by atoms with Crippen molar-refractivity contribution in [2.45, 2.75) is 6.92 Å². The minimum Gasteiger partial charge on any atom is -0.404 e. The first kappa shape index (κ1) is 10.2. The first-order valence-corrected chi connectivity index (χ1v) is 3.78. The molecule has 0 atom stereocenters. The van der Waals surface area contributed by atoms with E-state index >= 15 is 0 Å². The van der Waals surface area contributed by atoms with Crippen molar-refractivity contribution in [1.82, 2.24) is 4.40 Å². The van der Waals surface area contributed by atoms with Gasteiger partial charge in [-0.1, -0.05) is 18.3 Å². The number of rotatable bonds is 0. The van der Waals surface area contributed by atoms with Crippen LogP contribution < -0.4 is 5.56 Å². The standard InChI is InChI=1S/C10H8NO.Ir/c1-8-5-6-9-4-2-3-7-11(9)10(8)12;/h2-6H,1H3;/q-1;. The second kappa shape index (κ2) is 3.86. The third-order valence-corrected chi connectivity index (χ3v) is 1.87. The quantitative estimate of drug-likeness (QED) is 0.659. The Hall–Kier alpha value is -0.921. The fourth-order valence-electron chi connectivity index (χ4n) is 1.18. The monoisotopic (exact) mass is 351 g/mol. The smallest absolute Gasteiger partial charge is 0.173 e. The summed E-state index contributed by atoms with van der Waals surface area (Å²) in [5.74, 6) is 0. The fourth-order valence-corrected chi connectivity index (χ4v) is 1.18. The normalized spacial score (nSPS) is 9.62. The third kappa shape index (κ3) is 1.71. The van der Waals surface area contributed by atoms with Crippen molar-refractivity contribution in [3.63, 3.8) is 0 Å². The maximum absolute atomic E-state index is 11.5. The molecule has 2 heterocycles. The SMILES string of the molecule is Cc1ccc2ccc[c-]n2c1=O.[Ir]. The molecule has 2 aromatic heterocycles. The molecule has 0 saturated carbocycles. The van der Waals surface area contributed by atoms with Gasteiger partial charge in [0.1, 0.15) is 0 Å². The van der Waals surface area contributed by atoms with Crippen LogP contribution in [-0.4, -0.2) is 4.40 Å². The van der Waals surface area contributed by atoms with Crippen LogP contribution >= 0.6 is 0 Å². The Morgan fingerprint density at radius 3 is 2.85 bits per heavy atom. The van der Waals surface area contributed by atoms with Gasteiger partial charge in [-0.25, -0.2) is 0 Å². The Morgan fingerprint density at radius 2 is 2.08 bits per heavy atom. The molecule has 13 heavy (non-hydrogen) atoms. The fraction of sp³-hybridized carbons (Fsp3) is 0.100. The van der Waals surface area contributed by atoms with E-state index in [0.717, 1.165) is 11.1 Å². The Morgan fingerprint density at radius 1 is 1.31 bits per heavy atom. The van der Waals surface area contributed by atoms with Gasteiger partial charge < -0.3 is 9.20 Å². The minimum absolute atomic E-state index is 0. The van der Waals surface area contributed by atoms with Crippen LogP contribution in [0.15, 0.2) is 35.1 Å². The number of fused-ring (bicyclic) bond motifs is 1. The average molecular weight is 350 g/mol. The zero-order valence-corrected chi connectivity index (χ0v) is 9.47. The van der Waals surface area contributed by atoms with Gasteiger partial charge in [0.25, 0.3) is 0 Å². The summed E-state index contributed by atoms with van der Waals surface area (Å²) in [7, 11) is 0. The number of pyridine rings is 2. The van der Waals surface area contributed by atoms with Crippen molar-refractivity contribution in [3.05, 3.63) is 52.4 Å². The van der Waals surface area contributed by atoms with Gasteiger partial charge in [-0.15, -0.1) is 18.2 Å². The zero-order chi connectivity index (χ0) is 8.55. The van der Waals surface area contributed by atoms with Crippen LogP contribution in [0.2, 0.25) is 0 Å². The number of hydrogen-bond donors (Lipinski definition) is 0. The number of aromatic nitrogens is 1. The molecule has 69 valence electrons. The Labute approximate surface area is 89.6 Å². The van der Waals surface area contributed by atoms with Crippen LogP contribution in [0, 0.1) is 13.1 Å². The van der Waals surface area contributed by atoms with Gasteiger partial charge in [-0.2, -0.15) is 0 Å². The Balaban J connectivity index is 0.000000845. The molecule has 0 aromatic carbocycles. The summed E-state index contributed by atoms with van der Waals surface area (Å²) in [5.41, 5.74) is 1.64. The molecule has 3 heteroatoms. The molecule has 0 spiro atoms. The molecule has 0 N–H and O–H groups in total. The second-order valence-corrected chi connectivity index (χ2v) is 2.74. The van der Waals surface area contributed by atoms with Crippen molar-refractivity contribution in [2.24, 2.45) is 0 Å². The van der Waals surface area contributed by atoms with E-state index in [1.807, 2.05) is 24.3 Å². The van der Waals surface area contributed by atoms with E-state index in [-0.39, 0.29) is 25.7 Å². The minimum atomic E-state index is 0. The predicted octanol–water partition coefficient (Wildman–Crippen LogP) is 1.41. The summed E-state index contributed by atoms with van der Waals surface area (Å²) >= 11 is 0. The average Bonchev–Trinajstić information content (AvgIpc) is 2.12. The summed E-state index contributed by atoms with van der Waals surface area (Å²) in [5, 5.41) is 0. The molecule has 0 aliphatic heterocycles. The zero-order valence-electron chi connectivity index (χ0n) is 7.08. The largest absolute Gasteiger partial charge is 0.404 e. The van der Waals surface area contributed by atoms with Crippen LogP contribution in [0.5, 0.6) is 0 Å². The topological polar surface area (TPSA) is 21.5 Å². The van der Waals surface area contributed by atoms with Crippen LogP contribution in [0.1, 0.15) is 5.56 Å². The molecule has 0 fully saturated rings. The van der Waals surface area contributed by atoms with Crippen LogP contribution in [0.4, 0.5) is 0 Å². The molecule has 1 radical (unpaired) electrons. The molecule has 0 aliphatic carbocycles. The van der Waals surface area contributed by atoms with Gasteiger partial charge in [-0.3, -0.25) is 0 Å². The summed E-state index contributed by atoms with van der Waals surface area (Å²) in [6.45, 7) is 1.80. The molecule has 0 saturated heterocycles. The number of aryl methyl sites for hydroxylation is 1. The van der Waals surface area contributed by atoms with Crippen molar-refractivity contribution in [3.8, 4) is 0 Å². The molecule has 0 bridgehead atoms. The summed E-state index contributed by atoms with van der Waals surface area (Å²) in [6.07, 6.45) is 2.86. The van der Waals surface area contributed by atoms with Crippen molar-refractivity contribution in [1.29, 1.82) is 0 Å². The predicted molar refractivity (Wildman–Crippen MR) is 47.2 cm³/mol. The van der Waals surface area contributed by atoms with E-state index in [9.17, 15) is 4.79 Å². The molecule has 2 aromatic rings.